The van der Waals surface area contributed by atoms with Crippen LogP contribution < -0.4 is 24.2 Å². The molecule has 7 nitrogen and oxygen atoms in total. The van der Waals surface area contributed by atoms with Crippen LogP contribution >= 0.6 is 0 Å². The van der Waals surface area contributed by atoms with Crippen molar-refractivity contribution < 1.29 is 14.2 Å². The van der Waals surface area contributed by atoms with Gasteiger partial charge in [0.05, 0.1) is 38.8 Å². The van der Waals surface area contributed by atoms with Crippen molar-refractivity contribution in [3.63, 3.8) is 0 Å². The number of morpholine rings is 1. The topological polar surface area (TPSA) is 50.3 Å². The summed E-state index contributed by atoms with van der Waals surface area (Å²) in [5.74, 6) is 1.52. The highest BCUT2D eigenvalue weighted by Gasteiger charge is 2.22. The average Bonchev–Trinajstić information content (AvgIpc) is 2.93. The number of hydrogen-bond donors (Lipinski definition) is 0. The third-order valence-electron chi connectivity index (χ3n) is 6.63. The summed E-state index contributed by atoms with van der Waals surface area (Å²) in [5.41, 5.74) is 5.67. The predicted molar refractivity (Wildman–Crippen MR) is 137 cm³/mol. The maximum absolute atomic E-state index is 5.49. The summed E-state index contributed by atoms with van der Waals surface area (Å²) < 4.78 is 16.2. The summed E-state index contributed by atoms with van der Waals surface area (Å²) in [5, 5.41) is 0. The van der Waals surface area contributed by atoms with Crippen molar-refractivity contribution in [1.82, 2.24) is 4.98 Å². The van der Waals surface area contributed by atoms with Crippen LogP contribution in [0.15, 0.2) is 60.7 Å². The van der Waals surface area contributed by atoms with Crippen molar-refractivity contribution in [3.8, 4) is 22.9 Å². The Morgan fingerprint density at radius 1 is 0.647 bits per heavy atom. The van der Waals surface area contributed by atoms with Gasteiger partial charge >= 0.3 is 0 Å². The number of pyridine rings is 1. The van der Waals surface area contributed by atoms with Gasteiger partial charge in [0, 0.05) is 62.3 Å². The highest BCUT2D eigenvalue weighted by Crippen LogP contribution is 2.33. The fourth-order valence-corrected chi connectivity index (χ4v) is 4.67. The maximum atomic E-state index is 5.49. The highest BCUT2D eigenvalue weighted by atomic mass is 16.5. The van der Waals surface area contributed by atoms with Crippen LogP contribution in [0.1, 0.15) is 0 Å². The number of ether oxygens (including phenoxy) is 3. The number of aromatic nitrogens is 1. The predicted octanol–water partition coefficient (Wildman–Crippen LogP) is 3.93. The third-order valence-corrected chi connectivity index (χ3v) is 6.63. The summed E-state index contributed by atoms with van der Waals surface area (Å²) >= 11 is 0. The van der Waals surface area contributed by atoms with Crippen LogP contribution in [-0.2, 0) is 4.74 Å². The molecule has 2 aromatic carbocycles. The summed E-state index contributed by atoms with van der Waals surface area (Å²) in [4.78, 5) is 12.1. The zero-order valence-electron chi connectivity index (χ0n) is 19.9. The van der Waals surface area contributed by atoms with E-state index in [1.165, 1.54) is 11.4 Å². The van der Waals surface area contributed by atoms with E-state index in [0.717, 1.165) is 75.2 Å². The van der Waals surface area contributed by atoms with Crippen LogP contribution in [0, 0.1) is 0 Å². The Balaban J connectivity index is 1.34. The van der Waals surface area contributed by atoms with E-state index in [0.29, 0.717) is 5.88 Å². The van der Waals surface area contributed by atoms with E-state index in [1.54, 1.807) is 14.2 Å². The fourth-order valence-electron chi connectivity index (χ4n) is 4.67. The molecule has 0 spiro atoms. The molecule has 2 fully saturated rings. The van der Waals surface area contributed by atoms with Crippen molar-refractivity contribution in [3.05, 3.63) is 60.7 Å². The molecule has 178 valence electrons. The molecule has 0 amide bonds. The van der Waals surface area contributed by atoms with Gasteiger partial charge in [-0.1, -0.05) is 12.1 Å². The van der Waals surface area contributed by atoms with Gasteiger partial charge in [0.1, 0.15) is 5.75 Å². The second-order valence-electron chi connectivity index (χ2n) is 8.54. The van der Waals surface area contributed by atoms with E-state index >= 15 is 0 Å². The van der Waals surface area contributed by atoms with Crippen LogP contribution in [0.25, 0.3) is 11.3 Å². The largest absolute Gasteiger partial charge is 0.497 e. The van der Waals surface area contributed by atoms with Crippen molar-refractivity contribution in [2.45, 2.75) is 0 Å². The standard InChI is InChI=1S/C27H32N4O3/c1-32-24-9-7-23(8-10-24)29-13-15-31(16-14-29)25-11-12-26(33-2)28-27(25)21-3-5-22(6-4-21)30-17-19-34-20-18-30/h3-12H,13-20H2,1-2H3. The molecule has 0 unspecified atom stereocenters. The van der Waals surface area contributed by atoms with E-state index in [2.05, 4.69) is 57.2 Å². The molecule has 0 saturated carbocycles. The molecule has 0 bridgehead atoms. The van der Waals surface area contributed by atoms with Gasteiger partial charge in [0.25, 0.3) is 0 Å². The lowest BCUT2D eigenvalue weighted by molar-refractivity contribution is 0.122. The smallest absolute Gasteiger partial charge is 0.213 e. The lowest BCUT2D eigenvalue weighted by atomic mass is 10.1. The van der Waals surface area contributed by atoms with Gasteiger partial charge in [0.15, 0.2) is 0 Å². The van der Waals surface area contributed by atoms with Gasteiger partial charge in [-0.25, -0.2) is 4.98 Å². The first-order chi connectivity index (χ1) is 16.7. The second kappa shape index (κ2) is 10.2. The first-order valence-corrected chi connectivity index (χ1v) is 11.9. The van der Waals surface area contributed by atoms with Gasteiger partial charge in [-0.05, 0) is 42.5 Å². The summed E-state index contributed by atoms with van der Waals surface area (Å²) in [6, 6.07) is 21.1. The molecular weight excluding hydrogens is 428 g/mol. The van der Waals surface area contributed by atoms with E-state index < -0.39 is 0 Å². The molecule has 7 heteroatoms. The summed E-state index contributed by atoms with van der Waals surface area (Å²) in [7, 11) is 3.37. The summed E-state index contributed by atoms with van der Waals surface area (Å²) in [6.07, 6.45) is 0. The molecule has 2 aliphatic rings. The van der Waals surface area contributed by atoms with E-state index in [1.807, 2.05) is 18.2 Å². The molecule has 3 heterocycles. The van der Waals surface area contributed by atoms with Gasteiger partial charge < -0.3 is 28.9 Å². The zero-order chi connectivity index (χ0) is 23.3. The number of benzene rings is 2. The SMILES string of the molecule is COc1ccc(N2CCN(c3ccc(OC)nc3-c3ccc(N4CCOCC4)cc3)CC2)cc1. The molecule has 0 N–H and O–H groups in total. The number of methoxy groups -OCH3 is 2. The van der Waals surface area contributed by atoms with Gasteiger partial charge in [0.2, 0.25) is 5.88 Å². The Labute approximate surface area is 201 Å². The summed E-state index contributed by atoms with van der Waals surface area (Å²) in [6.45, 7) is 7.19. The number of hydrogen-bond acceptors (Lipinski definition) is 7. The monoisotopic (exact) mass is 460 g/mol. The molecule has 1 aromatic heterocycles. The van der Waals surface area contributed by atoms with Crippen LogP contribution in [0.4, 0.5) is 17.1 Å². The maximum Gasteiger partial charge on any atom is 0.213 e. The van der Waals surface area contributed by atoms with Crippen molar-refractivity contribution in [2.75, 3.05) is 81.4 Å². The first kappa shape index (κ1) is 22.3. The molecule has 34 heavy (non-hydrogen) atoms. The normalized spacial score (nSPS) is 16.5. The van der Waals surface area contributed by atoms with E-state index in [-0.39, 0.29) is 0 Å². The van der Waals surface area contributed by atoms with Gasteiger partial charge in [-0.2, -0.15) is 0 Å². The Morgan fingerprint density at radius 3 is 1.85 bits per heavy atom. The van der Waals surface area contributed by atoms with Gasteiger partial charge in [-0.15, -0.1) is 0 Å². The van der Waals surface area contributed by atoms with Crippen LogP contribution in [0.3, 0.4) is 0 Å². The Bertz CT molecular complexity index is 1070. The van der Waals surface area contributed by atoms with Crippen LogP contribution in [0.2, 0.25) is 0 Å². The van der Waals surface area contributed by atoms with Crippen molar-refractivity contribution in [1.29, 1.82) is 0 Å². The number of nitrogens with zero attached hydrogens (tertiary/aromatic N) is 4. The molecule has 0 radical (unpaired) electrons. The Hall–Kier alpha value is -3.45. The molecule has 3 aromatic rings. The van der Waals surface area contributed by atoms with Crippen molar-refractivity contribution >= 4 is 17.1 Å². The molecule has 2 saturated heterocycles. The van der Waals surface area contributed by atoms with Crippen LogP contribution in [-0.4, -0.2) is 71.7 Å². The lowest BCUT2D eigenvalue weighted by Crippen LogP contribution is -2.46. The Kier molecular flexibility index (Phi) is 6.72. The fraction of sp³-hybridized carbons (Fsp3) is 0.370. The minimum Gasteiger partial charge on any atom is -0.497 e. The van der Waals surface area contributed by atoms with Crippen LogP contribution in [0.5, 0.6) is 11.6 Å². The molecule has 0 atom stereocenters. The van der Waals surface area contributed by atoms with Crippen molar-refractivity contribution in [2.24, 2.45) is 0 Å². The number of rotatable bonds is 6. The third kappa shape index (κ3) is 4.75. The van der Waals surface area contributed by atoms with Gasteiger partial charge in [-0.3, -0.25) is 0 Å². The first-order valence-electron chi connectivity index (χ1n) is 11.9. The average molecular weight is 461 g/mol. The van der Waals surface area contributed by atoms with E-state index in [9.17, 15) is 0 Å². The molecular formula is C27H32N4O3. The Morgan fingerprint density at radius 2 is 1.24 bits per heavy atom. The second-order valence-corrected chi connectivity index (χ2v) is 8.54. The quantitative estimate of drug-likeness (QED) is 0.552. The molecule has 5 rings (SSSR count). The molecule has 0 aliphatic carbocycles. The number of anilines is 3. The minimum absolute atomic E-state index is 0.632. The zero-order valence-corrected chi connectivity index (χ0v) is 19.9. The lowest BCUT2D eigenvalue weighted by Gasteiger charge is -2.38. The molecule has 2 aliphatic heterocycles. The number of piperazine rings is 1. The van der Waals surface area contributed by atoms with E-state index in [4.69, 9.17) is 19.2 Å². The highest BCUT2D eigenvalue weighted by molar-refractivity contribution is 5.77. The minimum atomic E-state index is 0.632.